The molecule has 4 heteroatoms. The van der Waals surface area contributed by atoms with Gasteiger partial charge in [0, 0.05) is 17.1 Å². The number of nitrogens with one attached hydrogen (secondary N) is 2. The molecule has 3 nitrogen and oxygen atoms in total. The Labute approximate surface area is 123 Å². The number of aryl methyl sites for hydroxylation is 2. The van der Waals surface area contributed by atoms with Gasteiger partial charge in [-0.2, -0.15) is 0 Å². The van der Waals surface area contributed by atoms with E-state index in [2.05, 4.69) is 16.7 Å². The molecule has 2 N–H and O–H groups in total. The molecule has 0 atom stereocenters. The molecule has 1 aromatic heterocycles. The van der Waals surface area contributed by atoms with Gasteiger partial charge in [0.2, 0.25) is 0 Å². The fourth-order valence-electron chi connectivity index (χ4n) is 2.50. The number of hydrogen-bond donors (Lipinski definition) is 2. The van der Waals surface area contributed by atoms with Crippen molar-refractivity contribution in [3.63, 3.8) is 0 Å². The fourth-order valence-corrected chi connectivity index (χ4v) is 3.43. The average Bonchev–Trinajstić information content (AvgIpc) is 2.79. The van der Waals surface area contributed by atoms with Gasteiger partial charge in [-0.05, 0) is 55.6 Å². The van der Waals surface area contributed by atoms with Crippen LogP contribution in [0.15, 0.2) is 24.3 Å². The molecule has 0 saturated heterocycles. The fraction of sp³-hybridized carbons (Fsp3) is 0.312. The number of hydrogen-bond acceptors (Lipinski definition) is 3. The Kier molecular flexibility index (Phi) is 3.59. The molecule has 0 spiro atoms. The van der Waals surface area contributed by atoms with Crippen LogP contribution < -0.4 is 10.6 Å². The molecule has 1 aromatic carbocycles. The predicted molar refractivity (Wildman–Crippen MR) is 83.6 cm³/mol. The lowest BCUT2D eigenvalue weighted by molar-refractivity contribution is 0.103. The first-order valence-electron chi connectivity index (χ1n) is 6.85. The molecule has 1 aliphatic heterocycles. The summed E-state index contributed by atoms with van der Waals surface area (Å²) in [4.78, 5) is 14.3. The molecule has 0 saturated carbocycles. The highest BCUT2D eigenvalue weighted by Gasteiger charge is 2.16. The van der Waals surface area contributed by atoms with Gasteiger partial charge in [-0.25, -0.2) is 0 Å². The van der Waals surface area contributed by atoms with Gasteiger partial charge in [0.25, 0.3) is 5.91 Å². The van der Waals surface area contributed by atoms with Crippen LogP contribution in [-0.2, 0) is 13.0 Å². The summed E-state index contributed by atoms with van der Waals surface area (Å²) in [5, 5.41) is 6.42. The smallest absolute Gasteiger partial charge is 0.265 e. The first-order chi connectivity index (χ1) is 9.65. The number of thiophene rings is 1. The molecule has 2 aromatic rings. The third kappa shape index (κ3) is 2.49. The summed E-state index contributed by atoms with van der Waals surface area (Å²) in [6.45, 7) is 5.92. The molecule has 3 rings (SSSR count). The Bertz CT molecular complexity index is 641. The van der Waals surface area contributed by atoms with E-state index in [4.69, 9.17) is 0 Å². The summed E-state index contributed by atoms with van der Waals surface area (Å²) < 4.78 is 0. The Hall–Kier alpha value is -1.65. The van der Waals surface area contributed by atoms with Crippen molar-refractivity contribution in [1.29, 1.82) is 0 Å². The van der Waals surface area contributed by atoms with Crippen molar-refractivity contribution in [3.8, 4) is 0 Å². The summed E-state index contributed by atoms with van der Waals surface area (Å²) >= 11 is 1.55. The zero-order valence-corrected chi connectivity index (χ0v) is 12.6. The minimum absolute atomic E-state index is 0.00910. The lowest BCUT2D eigenvalue weighted by atomic mass is 9.99. The molecule has 0 bridgehead atoms. The van der Waals surface area contributed by atoms with Crippen LogP contribution in [0, 0.1) is 13.8 Å². The molecule has 2 heterocycles. The van der Waals surface area contributed by atoms with E-state index in [0.717, 1.165) is 30.1 Å². The van der Waals surface area contributed by atoms with E-state index < -0.39 is 0 Å². The monoisotopic (exact) mass is 286 g/mol. The van der Waals surface area contributed by atoms with Gasteiger partial charge in [-0.1, -0.05) is 12.1 Å². The van der Waals surface area contributed by atoms with Gasteiger partial charge in [0.15, 0.2) is 0 Å². The Morgan fingerprint density at radius 1 is 1.35 bits per heavy atom. The van der Waals surface area contributed by atoms with Gasteiger partial charge in [0.1, 0.15) is 0 Å². The van der Waals surface area contributed by atoms with Crippen LogP contribution in [0.3, 0.4) is 0 Å². The first kappa shape index (κ1) is 13.3. The third-order valence-corrected chi connectivity index (χ3v) is 4.94. The maximum Gasteiger partial charge on any atom is 0.265 e. The van der Waals surface area contributed by atoms with E-state index in [0.29, 0.717) is 0 Å². The zero-order valence-electron chi connectivity index (χ0n) is 11.7. The number of fused-ring (bicyclic) bond motifs is 1. The Morgan fingerprint density at radius 2 is 2.20 bits per heavy atom. The van der Waals surface area contributed by atoms with E-state index in [1.807, 2.05) is 32.0 Å². The molecule has 0 unspecified atom stereocenters. The zero-order chi connectivity index (χ0) is 14.1. The quantitative estimate of drug-likeness (QED) is 0.889. The summed E-state index contributed by atoms with van der Waals surface area (Å²) in [5.41, 5.74) is 4.66. The first-order valence-corrected chi connectivity index (χ1v) is 7.66. The SMILES string of the molecule is Cc1cc(C(=O)Nc2cccc3c2CNCC3)sc1C. The van der Waals surface area contributed by atoms with E-state index in [1.54, 1.807) is 11.3 Å². The molecule has 0 aliphatic carbocycles. The summed E-state index contributed by atoms with van der Waals surface area (Å²) in [6, 6.07) is 8.11. The van der Waals surface area contributed by atoms with Crippen molar-refractivity contribution in [2.75, 3.05) is 11.9 Å². The normalized spacial score (nSPS) is 13.9. The maximum atomic E-state index is 12.3. The van der Waals surface area contributed by atoms with Crippen LogP contribution >= 0.6 is 11.3 Å². The van der Waals surface area contributed by atoms with Crippen molar-refractivity contribution < 1.29 is 4.79 Å². The number of anilines is 1. The van der Waals surface area contributed by atoms with Crippen molar-refractivity contribution in [2.24, 2.45) is 0 Å². The summed E-state index contributed by atoms with van der Waals surface area (Å²) in [7, 11) is 0. The van der Waals surface area contributed by atoms with Crippen LogP contribution in [0.2, 0.25) is 0 Å². The highest BCUT2D eigenvalue weighted by Crippen LogP contribution is 2.25. The second kappa shape index (κ2) is 5.38. The van der Waals surface area contributed by atoms with Crippen LogP contribution in [0.25, 0.3) is 0 Å². The van der Waals surface area contributed by atoms with Crippen molar-refractivity contribution >= 4 is 22.9 Å². The van der Waals surface area contributed by atoms with E-state index in [-0.39, 0.29) is 5.91 Å². The van der Waals surface area contributed by atoms with E-state index in [9.17, 15) is 4.79 Å². The average molecular weight is 286 g/mol. The third-order valence-electron chi connectivity index (χ3n) is 3.78. The second-order valence-corrected chi connectivity index (χ2v) is 6.43. The maximum absolute atomic E-state index is 12.3. The van der Waals surface area contributed by atoms with E-state index in [1.165, 1.54) is 21.6 Å². The van der Waals surface area contributed by atoms with Gasteiger partial charge in [0.05, 0.1) is 4.88 Å². The van der Waals surface area contributed by atoms with E-state index >= 15 is 0 Å². The molecule has 0 radical (unpaired) electrons. The van der Waals surface area contributed by atoms with Gasteiger partial charge < -0.3 is 10.6 Å². The highest BCUT2D eigenvalue weighted by molar-refractivity contribution is 7.14. The molecular formula is C16H18N2OS. The minimum Gasteiger partial charge on any atom is -0.321 e. The molecule has 104 valence electrons. The lowest BCUT2D eigenvalue weighted by Gasteiger charge is -2.20. The number of carbonyl (C=O) groups is 1. The minimum atomic E-state index is -0.00910. The Balaban J connectivity index is 1.86. The molecule has 1 amide bonds. The number of rotatable bonds is 2. The van der Waals surface area contributed by atoms with Crippen molar-refractivity contribution in [1.82, 2.24) is 5.32 Å². The molecular weight excluding hydrogens is 268 g/mol. The van der Waals surface area contributed by atoms with Crippen LogP contribution in [0.5, 0.6) is 0 Å². The number of benzene rings is 1. The topological polar surface area (TPSA) is 41.1 Å². The van der Waals surface area contributed by atoms with Crippen LogP contribution in [0.1, 0.15) is 31.2 Å². The highest BCUT2D eigenvalue weighted by atomic mass is 32.1. The number of carbonyl (C=O) groups excluding carboxylic acids is 1. The van der Waals surface area contributed by atoms with Crippen LogP contribution in [-0.4, -0.2) is 12.5 Å². The van der Waals surface area contributed by atoms with Gasteiger partial charge in [-0.15, -0.1) is 11.3 Å². The second-order valence-electron chi connectivity index (χ2n) is 5.17. The summed E-state index contributed by atoms with van der Waals surface area (Å²) in [5.74, 6) is -0.00910. The van der Waals surface area contributed by atoms with Crippen molar-refractivity contribution in [2.45, 2.75) is 26.8 Å². The standard InChI is InChI=1S/C16H18N2OS/c1-10-8-15(20-11(10)2)16(19)18-14-5-3-4-12-6-7-17-9-13(12)14/h3-5,8,17H,6-7,9H2,1-2H3,(H,18,19). The van der Waals surface area contributed by atoms with Crippen LogP contribution in [0.4, 0.5) is 5.69 Å². The lowest BCUT2D eigenvalue weighted by Crippen LogP contribution is -2.25. The Morgan fingerprint density at radius 3 is 2.95 bits per heavy atom. The largest absolute Gasteiger partial charge is 0.321 e. The molecule has 1 aliphatic rings. The molecule has 20 heavy (non-hydrogen) atoms. The predicted octanol–water partition coefficient (Wildman–Crippen LogP) is 3.26. The van der Waals surface area contributed by atoms with Crippen molar-refractivity contribution in [3.05, 3.63) is 50.7 Å². The van der Waals surface area contributed by atoms with Gasteiger partial charge >= 0.3 is 0 Å². The van der Waals surface area contributed by atoms with Gasteiger partial charge in [-0.3, -0.25) is 4.79 Å². The summed E-state index contributed by atoms with van der Waals surface area (Å²) in [6.07, 6.45) is 1.02. The number of amides is 1. The molecule has 0 fully saturated rings.